The van der Waals surface area contributed by atoms with Crippen LogP contribution in [0.5, 0.6) is 0 Å². The summed E-state index contributed by atoms with van der Waals surface area (Å²) in [6, 6.07) is 5.47. The topological polar surface area (TPSA) is 44.9 Å². The van der Waals surface area contributed by atoms with E-state index in [4.69, 9.17) is 23.8 Å². The first-order chi connectivity index (χ1) is 8.95. The van der Waals surface area contributed by atoms with Crippen LogP contribution in [0.1, 0.15) is 16.1 Å². The number of aromatic nitrogens is 1. The second-order valence-corrected chi connectivity index (χ2v) is 6.43. The Kier molecular flexibility index (Phi) is 4.39. The summed E-state index contributed by atoms with van der Waals surface area (Å²) < 4.78 is 0.693. The molecule has 19 heavy (non-hydrogen) atoms. The fraction of sp³-hybridized carbons (Fsp3) is 0.231. The summed E-state index contributed by atoms with van der Waals surface area (Å²) in [6.45, 7) is 3.83. The van der Waals surface area contributed by atoms with Crippen LogP contribution in [-0.4, -0.2) is 10.9 Å². The van der Waals surface area contributed by atoms with Crippen molar-refractivity contribution in [3.63, 3.8) is 0 Å². The van der Waals surface area contributed by atoms with Crippen LogP contribution < -0.4 is 5.32 Å². The summed E-state index contributed by atoms with van der Waals surface area (Å²) in [7, 11) is 0. The molecule has 1 aromatic carbocycles. The lowest BCUT2D eigenvalue weighted by molar-refractivity contribution is -0.115. The Bertz CT molecular complexity index is 676. The minimum absolute atomic E-state index is 0.0757. The first kappa shape index (κ1) is 14.2. The fourth-order valence-electron chi connectivity index (χ4n) is 1.63. The van der Waals surface area contributed by atoms with Crippen LogP contribution in [0.3, 0.4) is 0 Å². The highest BCUT2D eigenvalue weighted by molar-refractivity contribution is 7.73. The van der Waals surface area contributed by atoms with Gasteiger partial charge in [-0.05, 0) is 43.8 Å². The van der Waals surface area contributed by atoms with Gasteiger partial charge >= 0.3 is 0 Å². The average molecular weight is 313 g/mol. The number of hydrogen-bond acceptors (Lipinski definition) is 3. The molecule has 100 valence electrons. The summed E-state index contributed by atoms with van der Waals surface area (Å²) in [4.78, 5) is 15.9. The number of amides is 1. The minimum atomic E-state index is -0.0757. The van der Waals surface area contributed by atoms with Crippen molar-refractivity contribution in [2.75, 3.05) is 5.32 Å². The van der Waals surface area contributed by atoms with Gasteiger partial charge in [-0.3, -0.25) is 4.79 Å². The maximum Gasteiger partial charge on any atom is 0.229 e. The number of aryl methyl sites for hydroxylation is 2. The molecule has 6 heteroatoms. The maximum absolute atomic E-state index is 11.9. The zero-order valence-corrected chi connectivity index (χ0v) is 12.9. The molecule has 0 spiro atoms. The largest absolute Gasteiger partial charge is 0.341 e. The Morgan fingerprint density at radius 1 is 1.47 bits per heavy atom. The van der Waals surface area contributed by atoms with Crippen LogP contribution in [0.4, 0.5) is 5.69 Å². The number of carbonyl (C=O) groups is 1. The summed E-state index contributed by atoms with van der Waals surface area (Å²) in [6.07, 6.45) is 0.315. The number of aromatic amines is 1. The Labute approximate surface area is 125 Å². The Morgan fingerprint density at radius 2 is 2.21 bits per heavy atom. The second kappa shape index (κ2) is 5.86. The molecular formula is C13H13ClN2OS2. The number of anilines is 1. The van der Waals surface area contributed by atoms with E-state index in [9.17, 15) is 4.79 Å². The molecule has 0 fully saturated rings. The zero-order chi connectivity index (χ0) is 14.0. The molecule has 0 bridgehead atoms. The SMILES string of the molecule is Cc1ccc(NC(=O)Cc2sc(=S)[nH]c2C)cc1Cl. The molecule has 0 aliphatic carbocycles. The van der Waals surface area contributed by atoms with Crippen LogP contribution in [0.15, 0.2) is 18.2 Å². The summed E-state index contributed by atoms with van der Waals surface area (Å²) >= 11 is 12.5. The molecule has 0 aliphatic heterocycles. The predicted octanol–water partition coefficient (Wildman–Crippen LogP) is 4.26. The average Bonchev–Trinajstić information content (AvgIpc) is 2.62. The van der Waals surface area contributed by atoms with Gasteiger partial charge in [0.05, 0.1) is 6.42 Å². The van der Waals surface area contributed by atoms with Crippen LogP contribution in [0.2, 0.25) is 5.02 Å². The van der Waals surface area contributed by atoms with E-state index in [2.05, 4.69) is 10.3 Å². The number of hydrogen-bond donors (Lipinski definition) is 2. The number of rotatable bonds is 3. The van der Waals surface area contributed by atoms with E-state index >= 15 is 0 Å². The highest BCUT2D eigenvalue weighted by atomic mass is 35.5. The fourth-order valence-corrected chi connectivity index (χ4v) is 3.10. The maximum atomic E-state index is 11.9. The van der Waals surface area contributed by atoms with E-state index in [0.717, 1.165) is 16.1 Å². The summed E-state index contributed by atoms with van der Waals surface area (Å²) in [5.74, 6) is -0.0757. The van der Waals surface area contributed by atoms with E-state index in [1.165, 1.54) is 11.3 Å². The van der Waals surface area contributed by atoms with Crippen molar-refractivity contribution in [2.24, 2.45) is 0 Å². The van der Waals surface area contributed by atoms with Crippen molar-refractivity contribution in [3.05, 3.63) is 43.3 Å². The predicted molar refractivity (Wildman–Crippen MR) is 82.8 cm³/mol. The molecular weight excluding hydrogens is 300 g/mol. The van der Waals surface area contributed by atoms with E-state index in [1.54, 1.807) is 6.07 Å². The van der Waals surface area contributed by atoms with Crippen LogP contribution >= 0.6 is 35.2 Å². The van der Waals surface area contributed by atoms with Crippen LogP contribution in [0.25, 0.3) is 0 Å². The van der Waals surface area contributed by atoms with Gasteiger partial charge in [-0.1, -0.05) is 17.7 Å². The molecule has 1 heterocycles. The van der Waals surface area contributed by atoms with Crippen molar-refractivity contribution in [3.8, 4) is 0 Å². The number of H-pyrrole nitrogens is 1. The molecule has 3 nitrogen and oxygen atoms in total. The number of halogens is 1. The lowest BCUT2D eigenvalue weighted by Crippen LogP contribution is -2.14. The molecule has 0 saturated carbocycles. The lowest BCUT2D eigenvalue weighted by atomic mass is 10.2. The van der Waals surface area contributed by atoms with Gasteiger partial charge in [0, 0.05) is 21.3 Å². The molecule has 0 aliphatic rings. The lowest BCUT2D eigenvalue weighted by Gasteiger charge is -2.06. The molecule has 2 N–H and O–H groups in total. The Balaban J connectivity index is 2.07. The van der Waals surface area contributed by atoms with Gasteiger partial charge in [-0.15, -0.1) is 11.3 Å². The van der Waals surface area contributed by atoms with E-state index in [1.807, 2.05) is 26.0 Å². The van der Waals surface area contributed by atoms with Gasteiger partial charge in [0.15, 0.2) is 3.95 Å². The summed E-state index contributed by atoms with van der Waals surface area (Å²) in [5.41, 5.74) is 2.64. The van der Waals surface area contributed by atoms with Crippen molar-refractivity contribution in [1.82, 2.24) is 4.98 Å². The highest BCUT2D eigenvalue weighted by Gasteiger charge is 2.09. The monoisotopic (exact) mass is 312 g/mol. The van der Waals surface area contributed by atoms with Crippen LogP contribution in [-0.2, 0) is 11.2 Å². The second-order valence-electron chi connectivity index (χ2n) is 4.25. The number of thiazole rings is 1. The number of benzene rings is 1. The van der Waals surface area contributed by atoms with Crippen LogP contribution in [0, 0.1) is 17.8 Å². The van der Waals surface area contributed by atoms with Crippen molar-refractivity contribution in [1.29, 1.82) is 0 Å². The third-order valence-electron chi connectivity index (χ3n) is 2.70. The smallest absolute Gasteiger partial charge is 0.229 e. The molecule has 1 aromatic heterocycles. The molecule has 2 rings (SSSR count). The van der Waals surface area contributed by atoms with Gasteiger partial charge < -0.3 is 10.3 Å². The number of carbonyl (C=O) groups excluding carboxylic acids is 1. The minimum Gasteiger partial charge on any atom is -0.341 e. The zero-order valence-electron chi connectivity index (χ0n) is 10.5. The first-order valence-corrected chi connectivity index (χ1v) is 7.30. The molecule has 0 atom stereocenters. The van der Waals surface area contributed by atoms with Gasteiger partial charge in [-0.25, -0.2) is 0 Å². The van der Waals surface area contributed by atoms with Gasteiger partial charge in [-0.2, -0.15) is 0 Å². The summed E-state index contributed by atoms with van der Waals surface area (Å²) in [5, 5.41) is 3.48. The molecule has 2 aromatic rings. The van der Waals surface area contributed by atoms with Gasteiger partial charge in [0.2, 0.25) is 5.91 Å². The standard InChI is InChI=1S/C13H13ClN2OS2/c1-7-3-4-9(5-10(7)14)16-12(17)6-11-8(2)15-13(18)19-11/h3-5H,6H2,1-2H3,(H,15,18)(H,16,17). The quantitative estimate of drug-likeness (QED) is 0.832. The Morgan fingerprint density at radius 3 is 2.79 bits per heavy atom. The van der Waals surface area contributed by atoms with E-state index < -0.39 is 0 Å². The van der Waals surface area contributed by atoms with Gasteiger partial charge in [0.1, 0.15) is 0 Å². The first-order valence-electron chi connectivity index (χ1n) is 5.70. The van der Waals surface area contributed by atoms with E-state index in [-0.39, 0.29) is 5.91 Å². The molecule has 0 saturated heterocycles. The highest BCUT2D eigenvalue weighted by Crippen LogP contribution is 2.21. The number of nitrogens with one attached hydrogen (secondary N) is 2. The van der Waals surface area contributed by atoms with Crippen molar-refractivity contribution >= 4 is 46.8 Å². The normalized spacial score (nSPS) is 10.5. The van der Waals surface area contributed by atoms with E-state index in [0.29, 0.717) is 21.1 Å². The molecule has 1 amide bonds. The molecule has 0 unspecified atom stereocenters. The van der Waals surface area contributed by atoms with Crippen molar-refractivity contribution < 1.29 is 4.79 Å². The third kappa shape index (κ3) is 3.65. The molecule has 0 radical (unpaired) electrons. The Hall–Kier alpha value is -1.17. The third-order valence-corrected chi connectivity index (χ3v) is 4.44. The van der Waals surface area contributed by atoms with Crippen molar-refractivity contribution in [2.45, 2.75) is 20.3 Å². The van der Waals surface area contributed by atoms with Gasteiger partial charge in [0.25, 0.3) is 0 Å².